The van der Waals surface area contributed by atoms with Gasteiger partial charge in [0.05, 0.1) is 0 Å². The van der Waals surface area contributed by atoms with E-state index in [1.165, 1.54) is 19.4 Å². The highest BCUT2D eigenvalue weighted by molar-refractivity contribution is 4.92. The fraction of sp³-hybridized carbons (Fsp3) is 1.00. The van der Waals surface area contributed by atoms with Crippen LogP contribution < -0.4 is 10.6 Å². The zero-order valence-corrected chi connectivity index (χ0v) is 6.56. The van der Waals surface area contributed by atoms with E-state index >= 15 is 0 Å². The Labute approximate surface area is 62.4 Å². The lowest BCUT2D eigenvalue weighted by Crippen LogP contribution is -2.54. The van der Waals surface area contributed by atoms with Crippen molar-refractivity contribution in [1.82, 2.24) is 10.6 Å². The molecule has 2 atom stereocenters. The van der Waals surface area contributed by atoms with Gasteiger partial charge < -0.3 is 10.6 Å². The van der Waals surface area contributed by atoms with Crippen LogP contribution in [-0.4, -0.2) is 25.2 Å². The minimum atomic E-state index is 0.680. The molecule has 0 radical (unpaired) electrons. The van der Waals surface area contributed by atoms with Gasteiger partial charge in [-0.05, 0) is 25.7 Å². The quantitative estimate of drug-likeness (QED) is 0.549. The molecule has 2 aliphatic rings. The van der Waals surface area contributed by atoms with E-state index in [0.717, 1.165) is 18.5 Å². The molecular weight excluding hydrogens is 124 g/mol. The second kappa shape index (κ2) is 2.51. The Balaban J connectivity index is 1.84. The third kappa shape index (κ3) is 1.32. The summed E-state index contributed by atoms with van der Waals surface area (Å²) in [5, 5.41) is 7.06. The molecule has 0 unspecified atom stereocenters. The molecule has 1 saturated carbocycles. The Morgan fingerprint density at radius 1 is 1.20 bits per heavy atom. The monoisotopic (exact) mass is 140 g/mol. The van der Waals surface area contributed by atoms with Gasteiger partial charge in [-0.1, -0.05) is 0 Å². The molecule has 1 heterocycles. The van der Waals surface area contributed by atoms with Gasteiger partial charge in [-0.3, -0.25) is 0 Å². The van der Waals surface area contributed by atoms with Crippen LogP contribution in [0.1, 0.15) is 19.8 Å². The van der Waals surface area contributed by atoms with Gasteiger partial charge in [0.15, 0.2) is 0 Å². The molecule has 2 heteroatoms. The van der Waals surface area contributed by atoms with Crippen LogP contribution in [0.3, 0.4) is 0 Å². The number of rotatable bonds is 1. The Morgan fingerprint density at radius 2 is 2.00 bits per heavy atom. The van der Waals surface area contributed by atoms with E-state index in [9.17, 15) is 0 Å². The third-order valence-corrected chi connectivity index (χ3v) is 2.50. The largest absolute Gasteiger partial charge is 0.314 e. The first-order chi connectivity index (χ1) is 4.86. The van der Waals surface area contributed by atoms with Crippen molar-refractivity contribution in [1.29, 1.82) is 0 Å². The molecule has 1 aliphatic heterocycles. The fourth-order valence-corrected chi connectivity index (χ4v) is 1.74. The summed E-state index contributed by atoms with van der Waals surface area (Å²) in [7, 11) is 0. The first-order valence-electron chi connectivity index (χ1n) is 4.33. The van der Waals surface area contributed by atoms with E-state index < -0.39 is 0 Å². The Bertz CT molecular complexity index is 120. The Kier molecular flexibility index (Phi) is 1.66. The molecule has 0 aromatic heterocycles. The molecule has 0 spiro atoms. The minimum absolute atomic E-state index is 0.680. The van der Waals surface area contributed by atoms with Crippen molar-refractivity contribution in [2.24, 2.45) is 5.92 Å². The molecule has 58 valence electrons. The van der Waals surface area contributed by atoms with E-state index in [4.69, 9.17) is 0 Å². The van der Waals surface area contributed by atoms with E-state index in [2.05, 4.69) is 17.6 Å². The Hall–Kier alpha value is -0.0800. The van der Waals surface area contributed by atoms with Crippen LogP contribution >= 0.6 is 0 Å². The van der Waals surface area contributed by atoms with Gasteiger partial charge >= 0.3 is 0 Å². The predicted molar refractivity (Wildman–Crippen MR) is 42.0 cm³/mol. The van der Waals surface area contributed by atoms with Crippen LogP contribution in [0, 0.1) is 5.92 Å². The van der Waals surface area contributed by atoms with Crippen LogP contribution in [0.2, 0.25) is 0 Å². The smallest absolute Gasteiger partial charge is 0.0223 e. The summed E-state index contributed by atoms with van der Waals surface area (Å²) in [6, 6.07) is 1.46. The van der Waals surface area contributed by atoms with E-state index in [-0.39, 0.29) is 0 Å². The molecule has 2 nitrogen and oxygen atoms in total. The molecule has 0 aromatic rings. The molecule has 1 aliphatic carbocycles. The molecular formula is C8H16N2. The van der Waals surface area contributed by atoms with Crippen molar-refractivity contribution in [3.63, 3.8) is 0 Å². The number of nitrogens with one attached hydrogen (secondary N) is 2. The molecule has 1 saturated heterocycles. The van der Waals surface area contributed by atoms with Crippen molar-refractivity contribution in [2.75, 3.05) is 13.1 Å². The van der Waals surface area contributed by atoms with Crippen LogP contribution in [0.5, 0.6) is 0 Å². The lowest BCUT2D eigenvalue weighted by molar-refractivity contribution is 0.328. The highest BCUT2D eigenvalue weighted by Gasteiger charge is 2.33. The van der Waals surface area contributed by atoms with Gasteiger partial charge in [0.25, 0.3) is 0 Å². The summed E-state index contributed by atoms with van der Waals surface area (Å²) in [6.07, 6.45) is 2.90. The maximum Gasteiger partial charge on any atom is 0.0223 e. The molecule has 2 fully saturated rings. The van der Waals surface area contributed by atoms with Crippen molar-refractivity contribution in [3.05, 3.63) is 0 Å². The molecule has 0 amide bonds. The van der Waals surface area contributed by atoms with E-state index in [1.54, 1.807) is 0 Å². The first-order valence-corrected chi connectivity index (χ1v) is 4.33. The lowest BCUT2D eigenvalue weighted by Gasteiger charge is -2.29. The summed E-state index contributed by atoms with van der Waals surface area (Å²) in [5.74, 6) is 0.996. The first kappa shape index (κ1) is 6.62. The van der Waals surface area contributed by atoms with Crippen LogP contribution in [-0.2, 0) is 0 Å². The van der Waals surface area contributed by atoms with Gasteiger partial charge in [0.1, 0.15) is 0 Å². The molecule has 10 heavy (non-hydrogen) atoms. The van der Waals surface area contributed by atoms with Crippen LogP contribution in [0.15, 0.2) is 0 Å². The summed E-state index contributed by atoms with van der Waals surface area (Å²) >= 11 is 0. The maximum atomic E-state index is 3.62. The third-order valence-electron chi connectivity index (χ3n) is 2.50. The molecule has 0 aromatic carbocycles. The minimum Gasteiger partial charge on any atom is -0.314 e. The average molecular weight is 140 g/mol. The molecule has 2 N–H and O–H groups in total. The van der Waals surface area contributed by atoms with Crippen molar-refractivity contribution in [3.8, 4) is 0 Å². The normalized spacial score (nSPS) is 41.7. The molecule has 2 rings (SSSR count). The van der Waals surface area contributed by atoms with Crippen molar-refractivity contribution < 1.29 is 0 Å². The van der Waals surface area contributed by atoms with Crippen LogP contribution in [0.25, 0.3) is 0 Å². The second-order valence-corrected chi connectivity index (χ2v) is 3.67. The summed E-state index contributed by atoms with van der Waals surface area (Å²) in [5.41, 5.74) is 0. The lowest BCUT2D eigenvalue weighted by atomic mass is 10.1. The van der Waals surface area contributed by atoms with Crippen molar-refractivity contribution >= 4 is 0 Å². The van der Waals surface area contributed by atoms with Gasteiger partial charge in [0, 0.05) is 25.2 Å². The summed E-state index contributed by atoms with van der Waals surface area (Å²) in [6.45, 7) is 4.58. The van der Waals surface area contributed by atoms with Gasteiger partial charge in [-0.2, -0.15) is 0 Å². The SMILES string of the molecule is C[C@H]1CNC[C@@H](C2CC2)N1. The highest BCUT2D eigenvalue weighted by atomic mass is 15.1. The maximum absolute atomic E-state index is 3.62. The van der Waals surface area contributed by atoms with Gasteiger partial charge in [0.2, 0.25) is 0 Å². The topological polar surface area (TPSA) is 24.1 Å². The second-order valence-electron chi connectivity index (χ2n) is 3.67. The molecule has 0 bridgehead atoms. The summed E-state index contributed by atoms with van der Waals surface area (Å²) in [4.78, 5) is 0. The predicted octanol–water partition coefficient (Wildman–Crippen LogP) is 0.346. The highest BCUT2D eigenvalue weighted by Crippen LogP contribution is 2.32. The summed E-state index contributed by atoms with van der Waals surface area (Å²) < 4.78 is 0. The van der Waals surface area contributed by atoms with Crippen LogP contribution in [0.4, 0.5) is 0 Å². The van der Waals surface area contributed by atoms with Gasteiger partial charge in [-0.15, -0.1) is 0 Å². The van der Waals surface area contributed by atoms with Crippen molar-refractivity contribution in [2.45, 2.75) is 31.8 Å². The average Bonchev–Trinajstić information content (AvgIpc) is 2.68. The number of hydrogen-bond donors (Lipinski definition) is 2. The Morgan fingerprint density at radius 3 is 2.60 bits per heavy atom. The van der Waals surface area contributed by atoms with E-state index in [0.29, 0.717) is 6.04 Å². The number of piperazine rings is 1. The zero-order chi connectivity index (χ0) is 6.97. The standard InChI is InChI=1S/C8H16N2/c1-6-4-9-5-8(10-6)7-2-3-7/h6-10H,2-5H2,1H3/t6-,8-/m0/s1. The van der Waals surface area contributed by atoms with Gasteiger partial charge in [-0.25, -0.2) is 0 Å². The fourth-order valence-electron chi connectivity index (χ4n) is 1.74. The number of hydrogen-bond acceptors (Lipinski definition) is 2. The van der Waals surface area contributed by atoms with E-state index in [1.807, 2.05) is 0 Å². The zero-order valence-electron chi connectivity index (χ0n) is 6.56.